The molecule has 1 aromatic carbocycles. The minimum atomic E-state index is -1.25. The molecule has 2 rings (SSSR count). The summed E-state index contributed by atoms with van der Waals surface area (Å²) in [6.07, 6.45) is -0.400. The fraction of sp³-hybridized carbons (Fsp3) is 0.0909. The van der Waals surface area contributed by atoms with E-state index in [0.717, 1.165) is 6.21 Å². The Hall–Kier alpha value is -2.21. The van der Waals surface area contributed by atoms with Crippen molar-refractivity contribution in [2.75, 3.05) is 0 Å². The Morgan fingerprint density at radius 1 is 1.41 bits per heavy atom. The van der Waals surface area contributed by atoms with E-state index in [2.05, 4.69) is 15.6 Å². The summed E-state index contributed by atoms with van der Waals surface area (Å²) in [6, 6.07) is 8.36. The summed E-state index contributed by atoms with van der Waals surface area (Å²) in [5.74, 6) is -1.40. The van der Waals surface area contributed by atoms with Gasteiger partial charge in [0, 0.05) is 5.56 Å². The molecule has 0 saturated heterocycles. The van der Waals surface area contributed by atoms with Gasteiger partial charge in [-0.25, -0.2) is 9.38 Å². The molecule has 1 amide bonds. The molecule has 1 atom stereocenters. The first-order valence-electron chi connectivity index (χ1n) is 4.91. The lowest BCUT2D eigenvalue weighted by Crippen LogP contribution is -2.39. The van der Waals surface area contributed by atoms with Gasteiger partial charge in [0.05, 0.1) is 6.21 Å². The van der Waals surface area contributed by atoms with Gasteiger partial charge >= 0.3 is 0 Å². The average molecular weight is 235 g/mol. The number of amides is 1. The maximum absolute atomic E-state index is 13.2. The van der Waals surface area contributed by atoms with Crippen LogP contribution >= 0.6 is 0 Å². The van der Waals surface area contributed by atoms with E-state index in [-0.39, 0.29) is 5.82 Å². The van der Waals surface area contributed by atoms with Crippen LogP contribution in [0, 0.1) is 0 Å². The predicted octanol–water partition coefficient (Wildman–Crippen LogP) is 0.505. The van der Waals surface area contributed by atoms with Crippen molar-refractivity contribution in [2.24, 2.45) is 4.99 Å². The summed E-state index contributed by atoms with van der Waals surface area (Å²) in [7, 11) is 0. The van der Waals surface area contributed by atoms with Gasteiger partial charge in [-0.1, -0.05) is 18.2 Å². The van der Waals surface area contributed by atoms with Crippen LogP contribution in [-0.2, 0) is 0 Å². The van der Waals surface area contributed by atoms with Crippen molar-refractivity contribution >= 4 is 12.1 Å². The Morgan fingerprint density at radius 3 is 2.82 bits per heavy atom. The molecule has 0 aliphatic carbocycles. The monoisotopic (exact) mass is 235 g/mol. The molecule has 0 saturated carbocycles. The molecule has 88 valence electrons. The van der Waals surface area contributed by atoms with Crippen molar-refractivity contribution in [3.05, 3.63) is 47.5 Å². The van der Waals surface area contributed by atoms with Crippen LogP contribution in [0.4, 0.5) is 4.39 Å². The Kier molecular flexibility index (Phi) is 3.15. The van der Waals surface area contributed by atoms with Gasteiger partial charge in [0.2, 0.25) is 6.35 Å². The SMILES string of the molecule is O=C(NC1=C(F)C=NC(O)N1)c1ccccc1. The maximum atomic E-state index is 13.2. The van der Waals surface area contributed by atoms with Gasteiger partial charge < -0.3 is 15.7 Å². The number of aliphatic hydroxyl groups is 1. The summed E-state index contributed by atoms with van der Waals surface area (Å²) >= 11 is 0. The van der Waals surface area contributed by atoms with Crippen LogP contribution < -0.4 is 10.6 Å². The molecule has 1 aliphatic rings. The molecule has 6 heteroatoms. The number of aliphatic hydroxyl groups excluding tert-OH is 1. The zero-order chi connectivity index (χ0) is 12.3. The topological polar surface area (TPSA) is 73.7 Å². The molecule has 5 nitrogen and oxygen atoms in total. The van der Waals surface area contributed by atoms with Crippen molar-refractivity contribution in [1.82, 2.24) is 10.6 Å². The molecular weight excluding hydrogens is 225 g/mol. The van der Waals surface area contributed by atoms with Gasteiger partial charge in [-0.3, -0.25) is 4.79 Å². The number of aliphatic imine (C=N–C) groups is 1. The lowest BCUT2D eigenvalue weighted by molar-refractivity contribution is 0.0950. The van der Waals surface area contributed by atoms with Gasteiger partial charge in [-0.05, 0) is 12.1 Å². The van der Waals surface area contributed by atoms with Crippen LogP contribution in [-0.4, -0.2) is 23.6 Å². The highest BCUT2D eigenvalue weighted by atomic mass is 19.1. The number of benzene rings is 1. The van der Waals surface area contributed by atoms with Crippen molar-refractivity contribution in [3.8, 4) is 0 Å². The van der Waals surface area contributed by atoms with Crippen molar-refractivity contribution in [2.45, 2.75) is 6.35 Å². The van der Waals surface area contributed by atoms with E-state index in [0.29, 0.717) is 5.56 Å². The van der Waals surface area contributed by atoms with Crippen LogP contribution in [0.25, 0.3) is 0 Å². The standard InChI is InChI=1S/C11H10FN3O2/c12-8-6-13-11(17)15-9(8)14-10(16)7-4-2-1-3-5-7/h1-6,11,15,17H,(H,14,16). The molecule has 0 spiro atoms. The first-order chi connectivity index (χ1) is 8.16. The maximum Gasteiger partial charge on any atom is 0.256 e. The van der Waals surface area contributed by atoms with E-state index in [4.69, 9.17) is 5.11 Å². The summed E-state index contributed by atoms with van der Waals surface area (Å²) in [5, 5.41) is 13.7. The normalized spacial score (nSPS) is 18.8. The summed E-state index contributed by atoms with van der Waals surface area (Å²) in [4.78, 5) is 15.1. The third-order valence-electron chi connectivity index (χ3n) is 2.12. The number of carbonyl (C=O) groups is 1. The van der Waals surface area contributed by atoms with E-state index >= 15 is 0 Å². The molecular formula is C11H10FN3O2. The average Bonchev–Trinajstić information content (AvgIpc) is 2.35. The molecule has 0 radical (unpaired) electrons. The van der Waals surface area contributed by atoms with Crippen LogP contribution in [0.3, 0.4) is 0 Å². The molecule has 1 aromatic rings. The number of rotatable bonds is 2. The van der Waals surface area contributed by atoms with Gasteiger partial charge in [0.15, 0.2) is 5.83 Å². The van der Waals surface area contributed by atoms with Crippen molar-refractivity contribution in [3.63, 3.8) is 0 Å². The number of halogens is 1. The van der Waals surface area contributed by atoms with Crippen LogP contribution in [0.2, 0.25) is 0 Å². The van der Waals surface area contributed by atoms with Gasteiger partial charge in [0.25, 0.3) is 5.91 Å². The quantitative estimate of drug-likeness (QED) is 0.699. The second-order valence-corrected chi connectivity index (χ2v) is 3.34. The van der Waals surface area contributed by atoms with E-state index in [1.165, 1.54) is 0 Å². The highest BCUT2D eigenvalue weighted by Gasteiger charge is 2.16. The number of nitrogens with zero attached hydrogens (tertiary/aromatic N) is 1. The largest absolute Gasteiger partial charge is 0.355 e. The van der Waals surface area contributed by atoms with Crippen LogP contribution in [0.15, 0.2) is 47.0 Å². The minimum Gasteiger partial charge on any atom is -0.355 e. The first kappa shape index (κ1) is 11.3. The smallest absolute Gasteiger partial charge is 0.256 e. The molecule has 3 N–H and O–H groups in total. The van der Waals surface area contributed by atoms with Crippen molar-refractivity contribution < 1.29 is 14.3 Å². The molecule has 17 heavy (non-hydrogen) atoms. The Morgan fingerprint density at radius 2 is 2.12 bits per heavy atom. The Balaban J connectivity index is 2.12. The van der Waals surface area contributed by atoms with Gasteiger partial charge in [0.1, 0.15) is 5.82 Å². The molecule has 0 fully saturated rings. The summed E-state index contributed by atoms with van der Waals surface area (Å²) in [5.41, 5.74) is 0.395. The lowest BCUT2D eigenvalue weighted by Gasteiger charge is -2.18. The summed E-state index contributed by atoms with van der Waals surface area (Å²) < 4.78 is 13.2. The third kappa shape index (κ3) is 2.67. The zero-order valence-electron chi connectivity index (χ0n) is 8.72. The zero-order valence-corrected chi connectivity index (χ0v) is 8.72. The highest BCUT2D eigenvalue weighted by Crippen LogP contribution is 2.06. The number of allylic oxidation sites excluding steroid dienone is 1. The Labute approximate surface area is 96.7 Å². The fourth-order valence-corrected chi connectivity index (χ4v) is 1.31. The van der Waals surface area contributed by atoms with Crippen LogP contribution in [0.5, 0.6) is 0 Å². The lowest BCUT2D eigenvalue weighted by atomic mass is 10.2. The number of nitrogens with one attached hydrogen (secondary N) is 2. The van der Waals surface area contributed by atoms with Gasteiger partial charge in [-0.2, -0.15) is 0 Å². The Bertz CT molecular complexity index is 485. The number of hydrogen-bond acceptors (Lipinski definition) is 4. The molecule has 1 unspecified atom stereocenters. The predicted molar refractivity (Wildman–Crippen MR) is 59.7 cm³/mol. The molecule has 0 aromatic heterocycles. The molecule has 1 heterocycles. The molecule has 1 aliphatic heterocycles. The third-order valence-corrected chi connectivity index (χ3v) is 2.12. The van der Waals surface area contributed by atoms with Crippen LogP contribution in [0.1, 0.15) is 10.4 Å². The van der Waals surface area contributed by atoms with Crippen molar-refractivity contribution in [1.29, 1.82) is 0 Å². The van der Waals surface area contributed by atoms with E-state index in [9.17, 15) is 9.18 Å². The van der Waals surface area contributed by atoms with E-state index < -0.39 is 18.1 Å². The second kappa shape index (κ2) is 4.75. The number of carbonyl (C=O) groups excluding carboxylic acids is 1. The van der Waals surface area contributed by atoms with E-state index in [1.807, 2.05) is 0 Å². The fourth-order valence-electron chi connectivity index (χ4n) is 1.31. The first-order valence-corrected chi connectivity index (χ1v) is 4.91. The highest BCUT2D eigenvalue weighted by molar-refractivity contribution is 5.95. The minimum absolute atomic E-state index is 0.193. The summed E-state index contributed by atoms with van der Waals surface area (Å²) in [6.45, 7) is 0. The second-order valence-electron chi connectivity index (χ2n) is 3.34. The molecule has 0 bridgehead atoms. The van der Waals surface area contributed by atoms with Gasteiger partial charge in [-0.15, -0.1) is 0 Å². The number of hydrogen-bond donors (Lipinski definition) is 3. The van der Waals surface area contributed by atoms with E-state index in [1.54, 1.807) is 30.3 Å².